The van der Waals surface area contributed by atoms with Gasteiger partial charge in [0.25, 0.3) is 11.6 Å². The zero-order valence-corrected chi connectivity index (χ0v) is 25.4. The van der Waals surface area contributed by atoms with Crippen LogP contribution in [0.3, 0.4) is 0 Å². The molecule has 2 aliphatic heterocycles. The lowest BCUT2D eigenvalue weighted by molar-refractivity contribution is -0.201. The van der Waals surface area contributed by atoms with Gasteiger partial charge in [-0.2, -0.15) is 0 Å². The maximum Gasteiger partial charge on any atom is 0.407 e. The van der Waals surface area contributed by atoms with E-state index in [1.165, 1.54) is 24.7 Å². The number of hydrogen-bond acceptors (Lipinski definition) is 10. The number of amides is 3. The molecule has 0 aliphatic carbocycles. The second-order valence-corrected chi connectivity index (χ2v) is 12.7. The number of carbonyl (C=O) groups excluding carboxylic acids is 4. The Bertz CT molecular complexity index is 1290. The van der Waals surface area contributed by atoms with E-state index in [2.05, 4.69) is 15.4 Å². The van der Waals surface area contributed by atoms with E-state index < -0.39 is 76.0 Å². The summed E-state index contributed by atoms with van der Waals surface area (Å²) in [6, 6.07) is 5.16. The van der Waals surface area contributed by atoms with Crippen LogP contribution in [-0.2, 0) is 33.4 Å². The summed E-state index contributed by atoms with van der Waals surface area (Å²) in [6.07, 6.45) is -1.66. The minimum atomic E-state index is -1.90. The van der Waals surface area contributed by atoms with Crippen LogP contribution >= 0.6 is 46.6 Å². The Hall–Kier alpha value is -3.24. The molecule has 43 heavy (non-hydrogen) atoms. The van der Waals surface area contributed by atoms with Gasteiger partial charge in [-0.25, -0.2) is 19.2 Å². The first-order chi connectivity index (χ1) is 20.2. The SMILES string of the molecule is CO[C@@]1(NC(=O)CCCC(NC(=O)OCC(Cl)(Cl)Cl)C(=O)O)C(=O)N2C(C(=O)O)C(COC(=O)c3ccccc3)=CS[C@H]21. The van der Waals surface area contributed by atoms with Gasteiger partial charge in [-0.05, 0) is 30.4 Å². The van der Waals surface area contributed by atoms with Crippen molar-refractivity contribution in [2.75, 3.05) is 20.3 Å². The minimum Gasteiger partial charge on any atom is -0.480 e. The van der Waals surface area contributed by atoms with E-state index in [4.69, 9.17) is 44.3 Å². The number of fused-ring (bicyclic) bond motifs is 1. The van der Waals surface area contributed by atoms with E-state index >= 15 is 0 Å². The van der Waals surface area contributed by atoms with Gasteiger partial charge in [-0.15, -0.1) is 11.8 Å². The van der Waals surface area contributed by atoms with Gasteiger partial charge in [-0.1, -0.05) is 53.0 Å². The third-order valence-corrected chi connectivity index (χ3v) is 7.83. The van der Waals surface area contributed by atoms with Crippen molar-refractivity contribution in [2.45, 2.75) is 46.2 Å². The first-order valence-electron chi connectivity index (χ1n) is 12.4. The van der Waals surface area contributed by atoms with E-state index in [0.29, 0.717) is 0 Å². The van der Waals surface area contributed by atoms with Crippen molar-refractivity contribution < 1.29 is 53.2 Å². The first kappa shape index (κ1) is 34.3. The number of ether oxygens (including phenoxy) is 3. The van der Waals surface area contributed by atoms with Crippen LogP contribution in [0.1, 0.15) is 29.6 Å². The maximum atomic E-state index is 13.2. The Balaban J connectivity index is 1.59. The Kier molecular flexibility index (Phi) is 11.5. The number of hydrogen-bond donors (Lipinski definition) is 4. The number of aliphatic carboxylic acids is 2. The Morgan fingerprint density at radius 2 is 1.79 bits per heavy atom. The fraction of sp³-hybridized carbons (Fsp3) is 0.440. The molecule has 2 heterocycles. The number of nitrogens with zero attached hydrogens (tertiary/aromatic N) is 1. The van der Waals surface area contributed by atoms with Crippen LogP contribution in [0.15, 0.2) is 41.3 Å². The van der Waals surface area contributed by atoms with Crippen molar-refractivity contribution in [1.29, 1.82) is 0 Å². The molecule has 4 atom stereocenters. The number of rotatable bonds is 13. The van der Waals surface area contributed by atoms with E-state index in [1.807, 2.05) is 0 Å². The monoisotopic (exact) mass is 681 g/mol. The number of alkyl carbamates (subject to hydrolysis) is 1. The third-order valence-electron chi connectivity index (χ3n) is 6.24. The van der Waals surface area contributed by atoms with E-state index in [-0.39, 0.29) is 30.4 Å². The van der Waals surface area contributed by atoms with Crippen LogP contribution in [0.5, 0.6) is 0 Å². The van der Waals surface area contributed by atoms with Crippen LogP contribution in [-0.4, -0.2) is 98.2 Å². The van der Waals surface area contributed by atoms with Gasteiger partial charge in [0.1, 0.15) is 24.6 Å². The van der Waals surface area contributed by atoms with Crippen molar-refractivity contribution in [2.24, 2.45) is 0 Å². The van der Waals surface area contributed by atoms with Crippen molar-refractivity contribution in [3.05, 3.63) is 46.9 Å². The lowest BCUT2D eigenvalue weighted by Gasteiger charge is -2.57. The maximum absolute atomic E-state index is 13.2. The number of carbonyl (C=O) groups is 6. The quantitative estimate of drug-likeness (QED) is 0.103. The molecular weight excluding hydrogens is 657 g/mol. The summed E-state index contributed by atoms with van der Waals surface area (Å²) in [5, 5.41) is 24.3. The van der Waals surface area contributed by atoms with E-state index in [9.17, 15) is 39.0 Å². The third kappa shape index (κ3) is 8.44. The molecule has 0 radical (unpaired) electrons. The van der Waals surface area contributed by atoms with Crippen molar-refractivity contribution in [3.63, 3.8) is 0 Å². The molecule has 0 spiro atoms. The number of methoxy groups -OCH3 is 1. The van der Waals surface area contributed by atoms with Gasteiger partial charge < -0.3 is 40.0 Å². The van der Waals surface area contributed by atoms with Crippen LogP contribution in [0.4, 0.5) is 4.79 Å². The molecule has 0 saturated carbocycles. The average molecular weight is 683 g/mol. The molecule has 234 valence electrons. The molecule has 1 aromatic rings. The summed E-state index contributed by atoms with van der Waals surface area (Å²) in [4.78, 5) is 74.8. The predicted molar refractivity (Wildman–Crippen MR) is 152 cm³/mol. The van der Waals surface area contributed by atoms with Gasteiger partial charge >= 0.3 is 24.0 Å². The molecule has 4 N–H and O–H groups in total. The highest BCUT2D eigenvalue weighted by atomic mass is 35.6. The number of carboxylic acids is 2. The average Bonchev–Trinajstić information content (AvgIpc) is 2.96. The molecule has 3 amide bonds. The molecule has 2 aliphatic rings. The second kappa shape index (κ2) is 14.5. The van der Waals surface area contributed by atoms with Crippen molar-refractivity contribution in [3.8, 4) is 0 Å². The minimum absolute atomic E-state index is 0.0440. The fourth-order valence-electron chi connectivity index (χ4n) is 4.22. The zero-order valence-electron chi connectivity index (χ0n) is 22.3. The molecule has 1 fully saturated rings. The summed E-state index contributed by atoms with van der Waals surface area (Å²) >= 11 is 17.4. The lowest BCUT2D eigenvalue weighted by Crippen LogP contribution is -2.83. The normalized spacial score (nSPS) is 21.8. The lowest BCUT2D eigenvalue weighted by atomic mass is 9.94. The summed E-state index contributed by atoms with van der Waals surface area (Å²) < 4.78 is 13.4. The van der Waals surface area contributed by atoms with Crippen molar-refractivity contribution in [1.82, 2.24) is 15.5 Å². The summed E-state index contributed by atoms with van der Waals surface area (Å²) in [5.41, 5.74) is -1.49. The van der Waals surface area contributed by atoms with Crippen molar-refractivity contribution >= 4 is 82.4 Å². The highest BCUT2D eigenvalue weighted by molar-refractivity contribution is 8.03. The summed E-state index contributed by atoms with van der Waals surface area (Å²) in [6.45, 7) is -1.02. The first-order valence-corrected chi connectivity index (χ1v) is 14.5. The number of carboxylic acid groups (broad SMARTS) is 2. The number of alkyl halides is 3. The Labute approximate surface area is 263 Å². The molecule has 14 nitrogen and oxygen atoms in total. The summed E-state index contributed by atoms with van der Waals surface area (Å²) in [5.74, 6) is -4.99. The smallest absolute Gasteiger partial charge is 0.407 e. The molecular formula is C25H26Cl3N3O11S. The molecule has 0 aromatic heterocycles. The van der Waals surface area contributed by atoms with Crippen LogP contribution in [0, 0.1) is 0 Å². The topological polar surface area (TPSA) is 198 Å². The molecule has 1 aromatic carbocycles. The largest absolute Gasteiger partial charge is 0.480 e. The van der Waals surface area contributed by atoms with Crippen LogP contribution in [0.25, 0.3) is 0 Å². The number of β-lactam (4-membered cyclic amide) rings is 1. The number of thioether (sulfide) groups is 1. The Morgan fingerprint density at radius 3 is 2.37 bits per heavy atom. The highest BCUT2D eigenvalue weighted by Gasteiger charge is 2.67. The van der Waals surface area contributed by atoms with Gasteiger partial charge in [0.15, 0.2) is 6.04 Å². The standard InChI is InChI=1S/C25H26Cl3N3O11S/c1-40-25(30-16(32)9-5-8-15(18(33)34)29-23(39)42-12-24(26,27)28)21(38)31-17(19(35)36)14(11-43-22(25)31)10-41-20(37)13-6-3-2-4-7-13/h2-4,6-7,11,15,17,22H,5,8-10,12H2,1H3,(H,29,39)(H,30,32)(H,33,34)(H,35,36)/t15?,17?,22-,25-/m0/s1. The fourth-order valence-corrected chi connectivity index (χ4v) is 5.68. The number of halogens is 3. The molecule has 18 heteroatoms. The number of esters is 1. The summed E-state index contributed by atoms with van der Waals surface area (Å²) in [7, 11) is 1.17. The molecule has 1 saturated heterocycles. The molecule has 3 rings (SSSR count). The Morgan fingerprint density at radius 1 is 1.12 bits per heavy atom. The van der Waals surface area contributed by atoms with Crippen LogP contribution < -0.4 is 10.6 Å². The van der Waals surface area contributed by atoms with E-state index in [0.717, 1.165) is 16.7 Å². The second-order valence-electron chi connectivity index (χ2n) is 9.18. The molecule has 2 unspecified atom stereocenters. The zero-order chi connectivity index (χ0) is 31.9. The van der Waals surface area contributed by atoms with Gasteiger partial charge in [-0.3, -0.25) is 9.59 Å². The number of benzene rings is 1. The van der Waals surface area contributed by atoms with Gasteiger partial charge in [0.2, 0.25) is 9.70 Å². The van der Waals surface area contributed by atoms with Gasteiger partial charge in [0, 0.05) is 19.1 Å². The predicted octanol–water partition coefficient (Wildman–Crippen LogP) is 2.27. The van der Waals surface area contributed by atoms with E-state index in [1.54, 1.807) is 18.2 Å². The highest BCUT2D eigenvalue weighted by Crippen LogP contribution is 2.46. The molecule has 0 bridgehead atoms. The number of nitrogens with one attached hydrogen (secondary N) is 2. The van der Waals surface area contributed by atoms with Gasteiger partial charge in [0.05, 0.1) is 5.56 Å². The van der Waals surface area contributed by atoms with Crippen LogP contribution in [0.2, 0.25) is 0 Å².